The Morgan fingerprint density at radius 2 is 1.27 bits per heavy atom. The van der Waals surface area contributed by atoms with Crippen LogP contribution >= 0.6 is 0 Å². The van der Waals surface area contributed by atoms with Crippen molar-refractivity contribution in [2.75, 3.05) is 0 Å². The van der Waals surface area contributed by atoms with Crippen molar-refractivity contribution in [2.45, 2.75) is 58.2 Å². The Morgan fingerprint density at radius 1 is 0.800 bits per heavy atom. The van der Waals surface area contributed by atoms with E-state index in [4.69, 9.17) is 0 Å². The zero-order valence-electron chi connectivity index (χ0n) is 9.89. The average Bonchev–Trinajstić information content (AvgIpc) is 2.97. The molecule has 0 aromatic carbocycles. The van der Waals surface area contributed by atoms with Crippen molar-refractivity contribution in [3.05, 3.63) is 0 Å². The SMILES string of the molecule is CC1CC(C)CC(C(O)C(O)C2CC2)C1. The summed E-state index contributed by atoms with van der Waals surface area (Å²) in [5, 5.41) is 20.1. The van der Waals surface area contributed by atoms with Crippen LogP contribution in [0.3, 0.4) is 0 Å². The van der Waals surface area contributed by atoms with Gasteiger partial charge in [-0.1, -0.05) is 13.8 Å². The highest BCUT2D eigenvalue weighted by Crippen LogP contribution is 2.40. The molecule has 0 bridgehead atoms. The van der Waals surface area contributed by atoms with Gasteiger partial charge in [0, 0.05) is 0 Å². The molecule has 0 aliphatic heterocycles. The highest BCUT2D eigenvalue weighted by Gasteiger charge is 2.39. The Hall–Kier alpha value is -0.0800. The van der Waals surface area contributed by atoms with Gasteiger partial charge in [0.25, 0.3) is 0 Å². The number of aliphatic hydroxyl groups is 2. The summed E-state index contributed by atoms with van der Waals surface area (Å²) in [5.74, 6) is 2.14. The summed E-state index contributed by atoms with van der Waals surface area (Å²) >= 11 is 0. The van der Waals surface area contributed by atoms with Gasteiger partial charge in [-0.15, -0.1) is 0 Å². The van der Waals surface area contributed by atoms with Crippen LogP contribution in [0.4, 0.5) is 0 Å². The quantitative estimate of drug-likeness (QED) is 0.753. The Bertz CT molecular complexity index is 203. The lowest BCUT2D eigenvalue weighted by molar-refractivity contribution is -0.0477. The molecule has 2 fully saturated rings. The van der Waals surface area contributed by atoms with Gasteiger partial charge in [0.15, 0.2) is 0 Å². The van der Waals surface area contributed by atoms with Crippen LogP contribution in [-0.4, -0.2) is 22.4 Å². The second-order valence-corrected chi connectivity index (χ2v) is 6.00. The van der Waals surface area contributed by atoms with Crippen LogP contribution in [0.25, 0.3) is 0 Å². The first-order chi connectivity index (χ1) is 7.08. The first kappa shape index (κ1) is 11.4. The zero-order valence-corrected chi connectivity index (χ0v) is 9.89. The average molecular weight is 212 g/mol. The highest BCUT2D eigenvalue weighted by molar-refractivity contribution is 4.90. The van der Waals surface area contributed by atoms with Gasteiger partial charge >= 0.3 is 0 Å². The molecule has 0 aromatic heterocycles. The van der Waals surface area contributed by atoms with E-state index in [1.54, 1.807) is 0 Å². The van der Waals surface area contributed by atoms with Gasteiger partial charge in [0.05, 0.1) is 12.2 Å². The van der Waals surface area contributed by atoms with E-state index in [1.165, 1.54) is 6.42 Å². The molecule has 2 aliphatic rings. The summed E-state index contributed by atoms with van der Waals surface area (Å²) in [5.41, 5.74) is 0. The van der Waals surface area contributed by atoms with Gasteiger partial charge < -0.3 is 10.2 Å². The molecule has 2 aliphatic carbocycles. The minimum absolute atomic E-state index is 0.333. The molecule has 2 heteroatoms. The van der Waals surface area contributed by atoms with E-state index in [9.17, 15) is 10.2 Å². The third-order valence-electron chi connectivity index (χ3n) is 4.15. The second kappa shape index (κ2) is 4.42. The lowest BCUT2D eigenvalue weighted by Gasteiger charge is -2.36. The molecule has 2 rings (SSSR count). The first-order valence-corrected chi connectivity index (χ1v) is 6.44. The number of rotatable bonds is 3. The highest BCUT2D eigenvalue weighted by atomic mass is 16.3. The Kier molecular flexibility index (Phi) is 3.36. The van der Waals surface area contributed by atoms with Crippen molar-refractivity contribution in [3.63, 3.8) is 0 Å². The largest absolute Gasteiger partial charge is 0.390 e. The lowest BCUT2D eigenvalue weighted by atomic mass is 9.73. The van der Waals surface area contributed by atoms with Gasteiger partial charge in [-0.3, -0.25) is 0 Å². The topological polar surface area (TPSA) is 40.5 Å². The predicted molar refractivity (Wildman–Crippen MR) is 60.4 cm³/mol. The molecule has 0 saturated heterocycles. The molecule has 0 aromatic rings. The van der Waals surface area contributed by atoms with Gasteiger partial charge in [-0.2, -0.15) is 0 Å². The minimum Gasteiger partial charge on any atom is -0.390 e. The molecule has 0 spiro atoms. The number of hydrogen-bond acceptors (Lipinski definition) is 2. The van der Waals surface area contributed by atoms with Crippen LogP contribution in [0.1, 0.15) is 46.0 Å². The summed E-state index contributed by atoms with van der Waals surface area (Å²) in [7, 11) is 0. The van der Waals surface area contributed by atoms with Crippen molar-refractivity contribution >= 4 is 0 Å². The lowest BCUT2D eigenvalue weighted by Crippen LogP contribution is -2.38. The predicted octanol–water partition coefficient (Wildman–Crippen LogP) is 2.19. The van der Waals surface area contributed by atoms with E-state index in [2.05, 4.69) is 13.8 Å². The smallest absolute Gasteiger partial charge is 0.0830 e. The normalized spacial score (nSPS) is 41.2. The van der Waals surface area contributed by atoms with E-state index >= 15 is 0 Å². The number of hydrogen-bond donors (Lipinski definition) is 2. The first-order valence-electron chi connectivity index (χ1n) is 6.44. The fraction of sp³-hybridized carbons (Fsp3) is 1.00. The van der Waals surface area contributed by atoms with Crippen molar-refractivity contribution in [3.8, 4) is 0 Å². The van der Waals surface area contributed by atoms with Crippen molar-refractivity contribution < 1.29 is 10.2 Å². The zero-order chi connectivity index (χ0) is 11.0. The summed E-state index contributed by atoms with van der Waals surface area (Å²) in [4.78, 5) is 0. The maximum absolute atomic E-state index is 10.1. The molecule has 0 amide bonds. The molecule has 0 radical (unpaired) electrons. The third-order valence-corrected chi connectivity index (χ3v) is 4.15. The van der Waals surface area contributed by atoms with Crippen molar-refractivity contribution in [1.29, 1.82) is 0 Å². The van der Waals surface area contributed by atoms with E-state index in [0.29, 0.717) is 23.7 Å². The van der Waals surface area contributed by atoms with Gasteiger partial charge in [0.2, 0.25) is 0 Å². The summed E-state index contributed by atoms with van der Waals surface area (Å²) in [6.07, 6.45) is 4.76. The van der Waals surface area contributed by atoms with Crippen LogP contribution in [-0.2, 0) is 0 Å². The minimum atomic E-state index is -0.470. The fourth-order valence-electron chi connectivity index (χ4n) is 3.28. The van der Waals surface area contributed by atoms with E-state index in [-0.39, 0.29) is 0 Å². The van der Waals surface area contributed by atoms with Gasteiger partial charge in [-0.25, -0.2) is 0 Å². The van der Waals surface area contributed by atoms with Crippen molar-refractivity contribution in [1.82, 2.24) is 0 Å². The molecule has 2 nitrogen and oxygen atoms in total. The Balaban J connectivity index is 1.90. The molecule has 2 N–H and O–H groups in total. The molecule has 4 atom stereocenters. The standard InChI is InChI=1S/C13H24O2/c1-8-5-9(2)7-11(6-8)13(15)12(14)10-3-4-10/h8-15H,3-7H2,1-2H3. The summed E-state index contributed by atoms with van der Waals surface area (Å²) in [6, 6.07) is 0. The maximum atomic E-state index is 10.1. The Labute approximate surface area is 92.7 Å². The van der Waals surface area contributed by atoms with Gasteiger partial charge in [0.1, 0.15) is 0 Å². The van der Waals surface area contributed by atoms with Crippen LogP contribution in [0.2, 0.25) is 0 Å². The Morgan fingerprint density at radius 3 is 1.73 bits per heavy atom. The molecule has 88 valence electrons. The van der Waals surface area contributed by atoms with Crippen LogP contribution in [0, 0.1) is 23.7 Å². The number of aliphatic hydroxyl groups excluding tert-OH is 2. The third kappa shape index (κ3) is 2.73. The molecular formula is C13H24O2. The van der Waals surface area contributed by atoms with Gasteiger partial charge in [-0.05, 0) is 55.8 Å². The molecule has 15 heavy (non-hydrogen) atoms. The maximum Gasteiger partial charge on any atom is 0.0830 e. The molecular weight excluding hydrogens is 188 g/mol. The molecule has 2 saturated carbocycles. The van der Waals surface area contributed by atoms with Crippen LogP contribution in [0.15, 0.2) is 0 Å². The molecule has 4 unspecified atom stereocenters. The second-order valence-electron chi connectivity index (χ2n) is 6.00. The van der Waals surface area contributed by atoms with E-state index in [1.807, 2.05) is 0 Å². The van der Waals surface area contributed by atoms with E-state index < -0.39 is 12.2 Å². The van der Waals surface area contributed by atoms with Crippen molar-refractivity contribution in [2.24, 2.45) is 23.7 Å². The van der Waals surface area contributed by atoms with Crippen LogP contribution in [0.5, 0.6) is 0 Å². The molecule has 0 heterocycles. The summed E-state index contributed by atoms with van der Waals surface area (Å²) in [6.45, 7) is 4.53. The van der Waals surface area contributed by atoms with Crippen LogP contribution < -0.4 is 0 Å². The monoisotopic (exact) mass is 212 g/mol. The summed E-state index contributed by atoms with van der Waals surface area (Å²) < 4.78 is 0. The van der Waals surface area contributed by atoms with E-state index in [0.717, 1.165) is 25.7 Å². The fourth-order valence-corrected chi connectivity index (χ4v) is 3.28.